The van der Waals surface area contributed by atoms with Crippen LogP contribution in [0.15, 0.2) is 42.5 Å². The average molecular weight is 586 g/mol. The van der Waals surface area contributed by atoms with Crippen LogP contribution >= 0.6 is 23.5 Å². The van der Waals surface area contributed by atoms with E-state index < -0.39 is 12.0 Å². The molecule has 1 saturated carbocycles. The van der Waals surface area contributed by atoms with Crippen LogP contribution < -0.4 is 5.32 Å². The highest BCUT2D eigenvalue weighted by Gasteiger charge is 2.24. The number of ether oxygens (including phenoxy) is 1. The minimum atomic E-state index is -1.01. The molecular formula is C33H47NO4S2. The number of hydrogen-bond acceptors (Lipinski definition) is 5. The van der Waals surface area contributed by atoms with Crippen molar-refractivity contribution in [3.05, 3.63) is 59.2 Å². The molecule has 0 aliphatic heterocycles. The van der Waals surface area contributed by atoms with Crippen LogP contribution in [-0.4, -0.2) is 51.6 Å². The summed E-state index contributed by atoms with van der Waals surface area (Å²) in [6, 6.07) is 12.9. The lowest BCUT2D eigenvalue weighted by Crippen LogP contribution is -2.41. The highest BCUT2D eigenvalue weighted by molar-refractivity contribution is 8.00. The van der Waals surface area contributed by atoms with Crippen molar-refractivity contribution in [2.24, 2.45) is 5.92 Å². The number of hydrogen-bond donors (Lipinski definition) is 2. The number of carbonyl (C=O) groups is 2. The van der Waals surface area contributed by atoms with Crippen LogP contribution in [0.25, 0.3) is 11.1 Å². The summed E-state index contributed by atoms with van der Waals surface area (Å²) in [7, 11) is 0. The molecule has 1 amide bonds. The van der Waals surface area contributed by atoms with Gasteiger partial charge in [-0.1, -0.05) is 83.2 Å². The molecule has 0 bridgehead atoms. The quantitative estimate of drug-likeness (QED) is 0.234. The van der Waals surface area contributed by atoms with E-state index in [1.165, 1.54) is 32.1 Å². The predicted octanol–water partition coefficient (Wildman–Crippen LogP) is 7.99. The smallest absolute Gasteiger partial charge is 0.326 e. The number of aryl methyl sites for hydroxylation is 1. The molecule has 5 nitrogen and oxygen atoms in total. The Morgan fingerprint density at radius 3 is 2.45 bits per heavy atom. The molecule has 0 spiro atoms. The number of carboxylic acids is 1. The molecule has 3 rings (SSSR count). The number of rotatable bonds is 14. The minimum Gasteiger partial charge on any atom is -0.480 e. The molecule has 2 atom stereocenters. The molecule has 1 fully saturated rings. The third-order valence-corrected chi connectivity index (χ3v) is 9.54. The first kappa shape index (κ1) is 32.6. The molecule has 1 unspecified atom stereocenters. The Kier molecular flexibility index (Phi) is 12.9. The molecular weight excluding hydrogens is 539 g/mol. The third-order valence-electron chi connectivity index (χ3n) is 7.49. The maximum Gasteiger partial charge on any atom is 0.326 e. The van der Waals surface area contributed by atoms with Crippen LogP contribution in [0.1, 0.15) is 87.2 Å². The Morgan fingerprint density at radius 2 is 1.80 bits per heavy atom. The Labute approximate surface area is 249 Å². The topological polar surface area (TPSA) is 75.6 Å². The average Bonchev–Trinajstić information content (AvgIpc) is 2.92. The summed E-state index contributed by atoms with van der Waals surface area (Å²) < 4.78 is 6.77. The highest BCUT2D eigenvalue weighted by Crippen LogP contribution is 2.33. The fourth-order valence-electron chi connectivity index (χ4n) is 5.24. The van der Waals surface area contributed by atoms with E-state index in [0.717, 1.165) is 40.3 Å². The number of carbonyl (C=O) groups excluding carboxylic acids is 1. The van der Waals surface area contributed by atoms with E-state index in [1.807, 2.05) is 67.4 Å². The van der Waals surface area contributed by atoms with Gasteiger partial charge in [-0.3, -0.25) is 4.79 Å². The third kappa shape index (κ3) is 10.5. The van der Waals surface area contributed by atoms with E-state index in [2.05, 4.69) is 26.1 Å². The Balaban J connectivity index is 1.83. The molecule has 1 aliphatic rings. The molecule has 220 valence electrons. The van der Waals surface area contributed by atoms with Crippen molar-refractivity contribution in [1.29, 1.82) is 0 Å². The maximum atomic E-state index is 13.4. The van der Waals surface area contributed by atoms with Gasteiger partial charge in [0.15, 0.2) is 0 Å². The van der Waals surface area contributed by atoms with Crippen molar-refractivity contribution in [2.75, 3.05) is 17.8 Å². The predicted molar refractivity (Wildman–Crippen MR) is 170 cm³/mol. The lowest BCUT2D eigenvalue weighted by Gasteiger charge is -2.28. The van der Waals surface area contributed by atoms with Crippen molar-refractivity contribution in [1.82, 2.24) is 5.32 Å². The molecule has 7 heteroatoms. The zero-order chi connectivity index (χ0) is 29.1. The van der Waals surface area contributed by atoms with Crippen LogP contribution in [0.4, 0.5) is 0 Å². The molecule has 1 aliphatic carbocycles. The standard InChI is InChI=1S/C33H47NO4S2/c1-23-11-9-10-14-27(23)29-20-25(15-16-28(29)31(35)34-30(32(36)37)17-18-39-5)21-38-26(22-40-33(2,3)4)19-24-12-7-6-8-13-24/h9-11,14-16,20,24,26,30H,6-8,12-13,17-19,21-22H2,1-5H3,(H,34,35)(H,36,37)/t26?,30-/m0/s1. The minimum absolute atomic E-state index is 0.185. The molecule has 2 aromatic rings. The number of benzene rings is 2. The molecule has 2 aromatic carbocycles. The molecule has 2 N–H and O–H groups in total. The van der Waals surface area contributed by atoms with Gasteiger partial charge < -0.3 is 15.2 Å². The van der Waals surface area contributed by atoms with Gasteiger partial charge in [-0.2, -0.15) is 23.5 Å². The van der Waals surface area contributed by atoms with E-state index in [4.69, 9.17) is 4.74 Å². The van der Waals surface area contributed by atoms with E-state index in [-0.39, 0.29) is 16.8 Å². The van der Waals surface area contributed by atoms with Gasteiger partial charge in [0.25, 0.3) is 5.91 Å². The van der Waals surface area contributed by atoms with Crippen LogP contribution in [0, 0.1) is 12.8 Å². The first-order valence-corrected chi connectivity index (χ1v) is 16.9. The summed E-state index contributed by atoms with van der Waals surface area (Å²) in [6.07, 6.45) is 10.2. The van der Waals surface area contributed by atoms with Crippen LogP contribution in [0.5, 0.6) is 0 Å². The summed E-state index contributed by atoms with van der Waals surface area (Å²) in [5.41, 5.74) is 4.33. The summed E-state index contributed by atoms with van der Waals surface area (Å²) in [5, 5.41) is 12.4. The Bertz CT molecular complexity index is 1110. The van der Waals surface area contributed by atoms with Gasteiger partial charge in [0.05, 0.1) is 12.7 Å². The van der Waals surface area contributed by atoms with Crippen molar-refractivity contribution >= 4 is 35.4 Å². The Hall–Kier alpha value is -1.96. The van der Waals surface area contributed by atoms with Gasteiger partial charge in [-0.25, -0.2) is 4.79 Å². The monoisotopic (exact) mass is 585 g/mol. The summed E-state index contributed by atoms with van der Waals surface area (Å²) in [4.78, 5) is 25.2. The van der Waals surface area contributed by atoms with Crippen molar-refractivity contribution in [2.45, 2.75) is 96.1 Å². The molecule has 0 radical (unpaired) electrons. The number of thioether (sulfide) groups is 2. The summed E-state index contributed by atoms with van der Waals surface area (Å²) in [5.74, 6) is 0.991. The zero-order valence-corrected chi connectivity index (χ0v) is 26.5. The van der Waals surface area contributed by atoms with E-state index in [9.17, 15) is 14.7 Å². The fraction of sp³-hybridized carbons (Fsp3) is 0.576. The largest absolute Gasteiger partial charge is 0.480 e. The number of aliphatic carboxylic acids is 1. The first-order chi connectivity index (χ1) is 19.1. The van der Waals surface area contributed by atoms with E-state index in [0.29, 0.717) is 24.3 Å². The van der Waals surface area contributed by atoms with Crippen molar-refractivity contribution < 1.29 is 19.4 Å². The molecule has 40 heavy (non-hydrogen) atoms. The second kappa shape index (κ2) is 15.9. The maximum absolute atomic E-state index is 13.4. The van der Waals surface area contributed by atoms with Crippen LogP contribution in [-0.2, 0) is 16.1 Å². The second-order valence-corrected chi connectivity index (χ2v) is 14.8. The SMILES string of the molecule is CSCC[C@H](NC(=O)c1ccc(COC(CSC(C)(C)C)CC2CCCCC2)cc1-c1ccccc1C)C(=O)O. The van der Waals surface area contributed by atoms with Crippen molar-refractivity contribution in [3.63, 3.8) is 0 Å². The lowest BCUT2D eigenvalue weighted by atomic mass is 9.85. The van der Waals surface area contributed by atoms with Gasteiger partial charge in [0, 0.05) is 16.1 Å². The normalized spacial score (nSPS) is 15.9. The molecule has 0 aromatic heterocycles. The second-order valence-electron chi connectivity index (χ2n) is 11.9. The van der Waals surface area contributed by atoms with Crippen LogP contribution in [0.3, 0.4) is 0 Å². The molecule has 0 saturated heterocycles. The van der Waals surface area contributed by atoms with Gasteiger partial charge in [0.2, 0.25) is 0 Å². The molecule has 0 heterocycles. The van der Waals surface area contributed by atoms with E-state index >= 15 is 0 Å². The Morgan fingerprint density at radius 1 is 1.07 bits per heavy atom. The van der Waals surface area contributed by atoms with Crippen LogP contribution in [0.2, 0.25) is 0 Å². The summed E-state index contributed by atoms with van der Waals surface area (Å²) in [6.45, 7) is 9.27. The highest BCUT2D eigenvalue weighted by atomic mass is 32.2. The number of amides is 1. The zero-order valence-electron chi connectivity index (χ0n) is 24.8. The first-order valence-electron chi connectivity index (χ1n) is 14.5. The van der Waals surface area contributed by atoms with Gasteiger partial charge in [-0.05, 0) is 72.1 Å². The summed E-state index contributed by atoms with van der Waals surface area (Å²) >= 11 is 3.53. The van der Waals surface area contributed by atoms with Crippen molar-refractivity contribution in [3.8, 4) is 11.1 Å². The number of carboxylic acid groups (broad SMARTS) is 1. The van der Waals surface area contributed by atoms with Gasteiger partial charge in [0.1, 0.15) is 6.04 Å². The van der Waals surface area contributed by atoms with Gasteiger partial charge >= 0.3 is 5.97 Å². The fourth-order valence-corrected chi connectivity index (χ4v) is 6.63. The van der Waals surface area contributed by atoms with Gasteiger partial charge in [-0.15, -0.1) is 0 Å². The number of nitrogens with one attached hydrogen (secondary N) is 1. The lowest BCUT2D eigenvalue weighted by molar-refractivity contribution is -0.139. The van der Waals surface area contributed by atoms with E-state index in [1.54, 1.807) is 11.8 Å².